The first-order chi connectivity index (χ1) is 12.4. The van der Waals surface area contributed by atoms with Gasteiger partial charge in [-0.25, -0.2) is 0 Å². The fourth-order valence-corrected chi connectivity index (χ4v) is 2.60. The van der Waals surface area contributed by atoms with Crippen LogP contribution in [-0.4, -0.2) is 42.5 Å². The predicted molar refractivity (Wildman–Crippen MR) is 104 cm³/mol. The van der Waals surface area contributed by atoms with Crippen molar-refractivity contribution in [3.63, 3.8) is 0 Å². The first kappa shape index (κ1) is 19.9. The van der Waals surface area contributed by atoms with Gasteiger partial charge in [0.25, 0.3) is 0 Å². The van der Waals surface area contributed by atoms with Gasteiger partial charge in [-0.05, 0) is 37.6 Å². The Kier molecular flexibility index (Phi) is 7.18. The number of ketones is 3. The Hall–Kier alpha value is -2.37. The molecule has 0 saturated heterocycles. The summed E-state index contributed by atoms with van der Waals surface area (Å²) in [6.45, 7) is 5.61. The smallest absolute Gasteiger partial charge is 0.176 e. The molecular weight excluding hydrogens is 328 g/mol. The van der Waals surface area contributed by atoms with Crippen LogP contribution >= 0.6 is 0 Å². The highest BCUT2D eigenvalue weighted by Crippen LogP contribution is 2.15. The Morgan fingerprint density at radius 1 is 0.923 bits per heavy atom. The molecule has 5 heteroatoms. The summed E-state index contributed by atoms with van der Waals surface area (Å²) in [5.41, 5.74) is 0.632. The van der Waals surface area contributed by atoms with Gasteiger partial charge in [-0.1, -0.05) is 36.4 Å². The molecule has 5 nitrogen and oxygen atoms in total. The normalized spacial score (nSPS) is 13.3. The maximum absolute atomic E-state index is 12.4. The van der Waals surface area contributed by atoms with Crippen LogP contribution in [0.25, 0.3) is 10.8 Å². The van der Waals surface area contributed by atoms with Gasteiger partial charge in [0.2, 0.25) is 0 Å². The third kappa shape index (κ3) is 5.58. The van der Waals surface area contributed by atoms with Crippen molar-refractivity contribution in [3.05, 3.63) is 48.0 Å². The minimum Gasteiger partial charge on any atom is -0.307 e. The molecule has 0 saturated carbocycles. The number of benzene rings is 2. The molecule has 1 unspecified atom stereocenters. The second-order valence-electron chi connectivity index (χ2n) is 6.59. The number of hydrogen-bond acceptors (Lipinski definition) is 5. The summed E-state index contributed by atoms with van der Waals surface area (Å²) in [6.07, 6.45) is 0.315. The quantitative estimate of drug-likeness (QED) is 0.641. The molecule has 2 N–H and O–H groups in total. The first-order valence-corrected chi connectivity index (χ1v) is 8.90. The van der Waals surface area contributed by atoms with E-state index in [-0.39, 0.29) is 29.9 Å². The van der Waals surface area contributed by atoms with Crippen LogP contribution in [0.5, 0.6) is 0 Å². The summed E-state index contributed by atoms with van der Waals surface area (Å²) in [5.74, 6) is 0.0166. The maximum Gasteiger partial charge on any atom is 0.176 e. The van der Waals surface area contributed by atoms with Crippen LogP contribution in [0.4, 0.5) is 0 Å². The first-order valence-electron chi connectivity index (χ1n) is 8.90. The Morgan fingerprint density at radius 3 is 2.31 bits per heavy atom. The van der Waals surface area contributed by atoms with Gasteiger partial charge in [-0.15, -0.1) is 0 Å². The summed E-state index contributed by atoms with van der Waals surface area (Å²) >= 11 is 0. The molecule has 0 fully saturated rings. The third-order valence-corrected chi connectivity index (χ3v) is 4.55. The van der Waals surface area contributed by atoms with Crippen LogP contribution < -0.4 is 10.6 Å². The lowest BCUT2D eigenvalue weighted by Crippen LogP contribution is -2.40. The number of nitrogens with one attached hydrogen (secondary N) is 2. The monoisotopic (exact) mass is 354 g/mol. The third-order valence-electron chi connectivity index (χ3n) is 4.55. The van der Waals surface area contributed by atoms with E-state index in [9.17, 15) is 14.4 Å². The van der Waals surface area contributed by atoms with Crippen molar-refractivity contribution in [3.8, 4) is 0 Å². The number of rotatable bonds is 10. The number of carbonyl (C=O) groups is 3. The topological polar surface area (TPSA) is 75.3 Å². The minimum absolute atomic E-state index is 0.0135. The SMILES string of the molecule is CC(=O)C(C)NCCC(=O)[C@H](C)NCC(=O)c1ccc2ccccc2c1. The molecule has 0 aliphatic carbocycles. The van der Waals surface area contributed by atoms with Gasteiger partial charge in [0.15, 0.2) is 11.6 Å². The lowest BCUT2D eigenvalue weighted by molar-refractivity contribution is -0.121. The van der Waals surface area contributed by atoms with Crippen molar-refractivity contribution in [2.24, 2.45) is 0 Å². The van der Waals surface area contributed by atoms with Gasteiger partial charge in [0, 0.05) is 18.5 Å². The average Bonchev–Trinajstić information content (AvgIpc) is 2.64. The fourth-order valence-electron chi connectivity index (χ4n) is 2.60. The van der Waals surface area contributed by atoms with Crippen molar-refractivity contribution in [1.82, 2.24) is 10.6 Å². The minimum atomic E-state index is -0.408. The molecule has 0 heterocycles. The molecule has 26 heavy (non-hydrogen) atoms. The van der Waals surface area contributed by atoms with Crippen molar-refractivity contribution >= 4 is 28.1 Å². The lowest BCUT2D eigenvalue weighted by Gasteiger charge is -2.14. The molecule has 2 atom stereocenters. The highest BCUT2D eigenvalue weighted by molar-refractivity contribution is 6.01. The van der Waals surface area contributed by atoms with Crippen molar-refractivity contribution in [2.75, 3.05) is 13.1 Å². The average molecular weight is 354 g/mol. The van der Waals surface area contributed by atoms with Crippen LogP contribution in [0.15, 0.2) is 42.5 Å². The summed E-state index contributed by atoms with van der Waals surface area (Å²) in [6, 6.07) is 12.8. The Bertz CT molecular complexity index is 801. The molecule has 0 radical (unpaired) electrons. The summed E-state index contributed by atoms with van der Waals surface area (Å²) in [4.78, 5) is 35.6. The van der Waals surface area contributed by atoms with Crippen molar-refractivity contribution < 1.29 is 14.4 Å². The van der Waals surface area contributed by atoms with Gasteiger partial charge in [-0.3, -0.25) is 14.4 Å². The number of carbonyl (C=O) groups excluding carboxylic acids is 3. The molecule has 2 aromatic rings. The highest BCUT2D eigenvalue weighted by atomic mass is 16.1. The Balaban J connectivity index is 1.81. The molecule has 0 aromatic heterocycles. The second kappa shape index (κ2) is 9.36. The van der Waals surface area contributed by atoms with Crippen molar-refractivity contribution in [2.45, 2.75) is 39.3 Å². The van der Waals surface area contributed by atoms with Crippen LogP contribution in [0.3, 0.4) is 0 Å². The van der Waals surface area contributed by atoms with E-state index in [1.807, 2.05) is 42.5 Å². The zero-order chi connectivity index (χ0) is 19.1. The van der Waals surface area contributed by atoms with E-state index < -0.39 is 6.04 Å². The Morgan fingerprint density at radius 2 is 1.62 bits per heavy atom. The summed E-state index contributed by atoms with van der Waals surface area (Å²) in [7, 11) is 0. The van der Waals surface area contributed by atoms with E-state index in [1.54, 1.807) is 13.8 Å². The van der Waals surface area contributed by atoms with E-state index in [4.69, 9.17) is 0 Å². The highest BCUT2D eigenvalue weighted by Gasteiger charge is 2.15. The van der Waals surface area contributed by atoms with Crippen LogP contribution in [0, 0.1) is 0 Å². The van der Waals surface area contributed by atoms with E-state index in [2.05, 4.69) is 10.6 Å². The summed E-state index contributed by atoms with van der Waals surface area (Å²) in [5, 5.41) is 8.12. The largest absolute Gasteiger partial charge is 0.307 e. The molecule has 0 amide bonds. The molecule has 138 valence electrons. The molecule has 0 spiro atoms. The fraction of sp³-hybridized carbons (Fsp3) is 0.381. The van der Waals surface area contributed by atoms with Gasteiger partial charge in [-0.2, -0.15) is 0 Å². The zero-order valence-corrected chi connectivity index (χ0v) is 15.5. The predicted octanol–water partition coefficient (Wildman–Crippen LogP) is 2.53. The maximum atomic E-state index is 12.4. The zero-order valence-electron chi connectivity index (χ0n) is 15.5. The molecule has 0 bridgehead atoms. The van der Waals surface area contributed by atoms with Gasteiger partial charge >= 0.3 is 0 Å². The van der Waals surface area contributed by atoms with Crippen LogP contribution in [-0.2, 0) is 9.59 Å². The standard InChI is InChI=1S/C21H26N2O3/c1-14(16(3)24)22-11-10-20(25)15(2)23-13-21(26)19-9-8-17-6-4-5-7-18(17)12-19/h4-9,12,14-15,22-23H,10-11,13H2,1-3H3/t14?,15-/m0/s1. The molecule has 2 aromatic carbocycles. The van der Waals surface area contributed by atoms with Crippen LogP contribution in [0.2, 0.25) is 0 Å². The number of Topliss-reactive ketones (excluding diaryl/α,β-unsaturated/α-hetero) is 3. The van der Waals surface area contributed by atoms with Crippen molar-refractivity contribution in [1.29, 1.82) is 0 Å². The summed E-state index contributed by atoms with van der Waals surface area (Å²) < 4.78 is 0. The van der Waals surface area contributed by atoms with E-state index in [0.29, 0.717) is 18.5 Å². The van der Waals surface area contributed by atoms with Gasteiger partial charge in [0.05, 0.1) is 18.6 Å². The number of fused-ring (bicyclic) bond motifs is 1. The number of hydrogen-bond donors (Lipinski definition) is 2. The van der Waals surface area contributed by atoms with E-state index in [1.165, 1.54) is 6.92 Å². The van der Waals surface area contributed by atoms with E-state index >= 15 is 0 Å². The lowest BCUT2D eigenvalue weighted by atomic mass is 10.0. The molecular formula is C21H26N2O3. The Labute approximate surface area is 154 Å². The van der Waals surface area contributed by atoms with Crippen LogP contribution in [0.1, 0.15) is 37.6 Å². The molecule has 0 aliphatic rings. The van der Waals surface area contributed by atoms with Gasteiger partial charge < -0.3 is 10.6 Å². The van der Waals surface area contributed by atoms with E-state index in [0.717, 1.165) is 10.8 Å². The molecule has 0 aliphatic heterocycles. The second-order valence-corrected chi connectivity index (χ2v) is 6.59. The molecule has 2 rings (SSSR count). The van der Waals surface area contributed by atoms with Gasteiger partial charge in [0.1, 0.15) is 5.78 Å².